The van der Waals surface area contributed by atoms with Crippen LogP contribution < -0.4 is 11.0 Å². The fraction of sp³-hybridized carbons (Fsp3) is 0.0500. The fourth-order valence-electron chi connectivity index (χ4n) is 5.05. The first-order valence-electron chi connectivity index (χ1n) is 15.2. The number of aromatic nitrogens is 2. The van der Waals surface area contributed by atoms with Crippen molar-refractivity contribution in [2.45, 2.75) is 13.8 Å². The quantitative estimate of drug-likeness (QED) is 0.131. The molecule has 0 amide bonds. The number of allylic oxidation sites excluding steroid dienone is 4. The molecule has 0 aliphatic rings. The van der Waals surface area contributed by atoms with Crippen LogP contribution in [-0.4, -0.2) is 21.6 Å². The number of fused-ring (bicyclic) bond motifs is 1. The molecule has 0 spiro atoms. The normalized spacial score (nSPS) is 13.8. The summed E-state index contributed by atoms with van der Waals surface area (Å²) in [6.45, 7) is 4.17. The lowest BCUT2D eigenvalue weighted by Gasteiger charge is -2.05. The molecule has 6 nitrogen and oxygen atoms in total. The third-order valence-corrected chi connectivity index (χ3v) is 7.56. The van der Waals surface area contributed by atoms with Gasteiger partial charge in [0.25, 0.3) is 0 Å². The van der Waals surface area contributed by atoms with E-state index in [1.54, 1.807) is 0 Å². The zero-order chi connectivity index (χ0) is 31.6. The molecule has 2 N–H and O–H groups in total. The number of H-pyrrole nitrogens is 2. The Kier molecular flexibility index (Phi) is 9.46. The number of nitrogens with zero attached hydrogens (tertiary/aromatic N) is 4. The second-order valence-electron chi connectivity index (χ2n) is 10.8. The first-order chi connectivity index (χ1) is 22.7. The minimum absolute atomic E-state index is 0.584. The molecular weight excluding hydrogens is 564 g/mol. The lowest BCUT2D eigenvalue weighted by molar-refractivity contribution is 0.890. The van der Waals surface area contributed by atoms with Gasteiger partial charge in [0.05, 0.1) is 11.4 Å². The average molecular weight is 599 g/mol. The van der Waals surface area contributed by atoms with Crippen LogP contribution in [0.1, 0.15) is 36.1 Å². The van der Waals surface area contributed by atoms with Crippen LogP contribution >= 0.6 is 0 Å². The molecule has 6 aromatic rings. The van der Waals surface area contributed by atoms with E-state index in [0.29, 0.717) is 11.0 Å². The van der Waals surface area contributed by atoms with E-state index in [0.717, 1.165) is 55.6 Å². The number of hydrogen-bond acceptors (Lipinski definition) is 4. The predicted molar refractivity (Wildman–Crippen MR) is 190 cm³/mol. The maximum absolute atomic E-state index is 4.73. The van der Waals surface area contributed by atoms with Gasteiger partial charge in [-0.3, -0.25) is 10.2 Å². The standard InChI is InChI=1S/C40H34N6/c1-29(31-17-7-3-8-18-31)27-37(33-21-11-5-12-22-33)41-43-39-35-25-15-16-26-36(35)40(46-45-39)44-42-38(34-23-13-6-14-24-34)28-30(2)32-19-9-4-10-20-32/h3-28H,1-2H3,(H,43,45)(H,44,46)/b29-27-,30-28+,41-37+,42-38+. The number of nitrogens with one attached hydrogen (secondary N) is 2. The number of aromatic amines is 2. The van der Waals surface area contributed by atoms with Crippen molar-refractivity contribution < 1.29 is 0 Å². The van der Waals surface area contributed by atoms with Crippen molar-refractivity contribution in [3.05, 3.63) is 191 Å². The molecule has 1 aromatic heterocycles. The Morgan fingerprint density at radius 3 is 1.07 bits per heavy atom. The molecule has 5 aromatic carbocycles. The van der Waals surface area contributed by atoms with Gasteiger partial charge in [-0.05, 0) is 48.3 Å². The molecule has 0 saturated heterocycles. The van der Waals surface area contributed by atoms with E-state index in [4.69, 9.17) is 10.2 Å². The van der Waals surface area contributed by atoms with Gasteiger partial charge in [-0.15, -0.1) is 20.4 Å². The largest absolute Gasteiger partial charge is 0.281 e. The van der Waals surface area contributed by atoms with Crippen molar-refractivity contribution in [3.63, 3.8) is 0 Å². The summed E-state index contributed by atoms with van der Waals surface area (Å²) in [5, 5.41) is 27.0. The number of rotatable bonds is 8. The highest BCUT2D eigenvalue weighted by molar-refractivity contribution is 6.12. The highest BCUT2D eigenvalue weighted by atomic mass is 15.3. The van der Waals surface area contributed by atoms with Gasteiger partial charge in [-0.25, -0.2) is 0 Å². The summed E-state index contributed by atoms with van der Waals surface area (Å²) in [4.78, 5) is 0. The Hall–Kier alpha value is -6.14. The molecule has 0 atom stereocenters. The molecule has 46 heavy (non-hydrogen) atoms. The Labute approximate surface area is 268 Å². The Morgan fingerprint density at radius 1 is 0.413 bits per heavy atom. The van der Waals surface area contributed by atoms with Crippen molar-refractivity contribution in [3.8, 4) is 0 Å². The summed E-state index contributed by atoms with van der Waals surface area (Å²) in [6, 6.07) is 48.6. The zero-order valence-corrected chi connectivity index (χ0v) is 25.8. The minimum Gasteiger partial charge on any atom is -0.281 e. The molecule has 1 heterocycles. The fourth-order valence-corrected chi connectivity index (χ4v) is 5.05. The van der Waals surface area contributed by atoms with E-state index in [-0.39, 0.29) is 0 Å². The van der Waals surface area contributed by atoms with Crippen LogP contribution in [0.5, 0.6) is 0 Å². The summed E-state index contributed by atoms with van der Waals surface area (Å²) >= 11 is 0. The zero-order valence-electron chi connectivity index (χ0n) is 25.8. The summed E-state index contributed by atoms with van der Waals surface area (Å²) in [5.74, 6) is 0. The number of hydrogen-bond donors (Lipinski definition) is 2. The maximum atomic E-state index is 4.73. The minimum atomic E-state index is 0.584. The number of benzene rings is 5. The average Bonchev–Trinajstić information content (AvgIpc) is 3.13. The van der Waals surface area contributed by atoms with Crippen molar-refractivity contribution in [2.24, 2.45) is 20.4 Å². The molecule has 6 rings (SSSR count). The molecule has 0 fully saturated rings. The van der Waals surface area contributed by atoms with Gasteiger partial charge in [0.2, 0.25) is 0 Å². The van der Waals surface area contributed by atoms with Crippen molar-refractivity contribution in [1.29, 1.82) is 0 Å². The third-order valence-electron chi connectivity index (χ3n) is 7.56. The summed E-state index contributed by atoms with van der Waals surface area (Å²) in [5.41, 5.74) is 9.08. The van der Waals surface area contributed by atoms with Gasteiger partial charge in [0.15, 0.2) is 11.0 Å². The molecule has 0 aliphatic carbocycles. The highest BCUT2D eigenvalue weighted by Gasteiger charge is 2.06. The van der Waals surface area contributed by atoms with E-state index in [1.807, 2.05) is 121 Å². The molecule has 6 heteroatoms. The van der Waals surface area contributed by atoms with Crippen molar-refractivity contribution >= 4 is 33.3 Å². The lowest BCUT2D eigenvalue weighted by atomic mass is 10.0. The second-order valence-corrected chi connectivity index (χ2v) is 10.8. The van der Waals surface area contributed by atoms with Gasteiger partial charge in [-0.2, -0.15) is 0 Å². The topological polar surface area (TPSA) is 81.0 Å². The van der Waals surface area contributed by atoms with E-state index in [9.17, 15) is 0 Å². The Morgan fingerprint density at radius 2 is 0.717 bits per heavy atom. The Balaban J connectivity index is 1.45. The molecule has 0 bridgehead atoms. The summed E-state index contributed by atoms with van der Waals surface area (Å²) in [6.07, 6.45) is 4.13. The molecule has 0 aliphatic heterocycles. The van der Waals surface area contributed by atoms with Crippen LogP contribution in [0.3, 0.4) is 0 Å². The van der Waals surface area contributed by atoms with Gasteiger partial charge in [0.1, 0.15) is 0 Å². The monoisotopic (exact) mass is 598 g/mol. The molecule has 0 unspecified atom stereocenters. The van der Waals surface area contributed by atoms with Crippen LogP contribution in [0.25, 0.3) is 21.9 Å². The SMILES string of the molecule is C/C(=C/C(=N\N=c1\[nH][nH]/c(=N/N=C(\C=C(/C)c2ccccc2)c2ccccc2)c2ccccc12)c1ccccc1)c1ccccc1. The second kappa shape index (κ2) is 14.6. The predicted octanol–water partition coefficient (Wildman–Crippen LogP) is 8.31. The molecule has 0 saturated carbocycles. The van der Waals surface area contributed by atoms with E-state index in [1.165, 1.54) is 0 Å². The van der Waals surface area contributed by atoms with Gasteiger partial charge < -0.3 is 0 Å². The smallest absolute Gasteiger partial charge is 0.175 e. The van der Waals surface area contributed by atoms with Crippen LogP contribution in [-0.2, 0) is 0 Å². The van der Waals surface area contributed by atoms with E-state index < -0.39 is 0 Å². The van der Waals surface area contributed by atoms with Gasteiger partial charge in [-0.1, -0.05) is 146 Å². The van der Waals surface area contributed by atoms with Crippen LogP contribution in [0, 0.1) is 0 Å². The van der Waals surface area contributed by atoms with Crippen LogP contribution in [0.2, 0.25) is 0 Å². The van der Waals surface area contributed by atoms with Gasteiger partial charge >= 0.3 is 0 Å². The highest BCUT2D eigenvalue weighted by Crippen LogP contribution is 2.17. The van der Waals surface area contributed by atoms with E-state index >= 15 is 0 Å². The van der Waals surface area contributed by atoms with Crippen molar-refractivity contribution in [1.82, 2.24) is 10.2 Å². The molecule has 224 valence electrons. The van der Waals surface area contributed by atoms with Crippen LogP contribution in [0.15, 0.2) is 178 Å². The van der Waals surface area contributed by atoms with Crippen molar-refractivity contribution in [2.75, 3.05) is 0 Å². The first kappa shape index (κ1) is 29.9. The first-order valence-corrected chi connectivity index (χ1v) is 15.2. The van der Waals surface area contributed by atoms with Crippen LogP contribution in [0.4, 0.5) is 0 Å². The summed E-state index contributed by atoms with van der Waals surface area (Å²) < 4.78 is 0. The molecular formula is C40H34N6. The lowest BCUT2D eigenvalue weighted by Crippen LogP contribution is -2.21. The Bertz CT molecular complexity index is 2030. The maximum Gasteiger partial charge on any atom is 0.175 e. The summed E-state index contributed by atoms with van der Waals surface area (Å²) in [7, 11) is 0. The molecule has 0 radical (unpaired) electrons. The van der Waals surface area contributed by atoms with Gasteiger partial charge in [0, 0.05) is 21.9 Å². The third kappa shape index (κ3) is 7.31. The van der Waals surface area contributed by atoms with E-state index in [2.05, 4.69) is 70.7 Å².